The van der Waals surface area contributed by atoms with Crippen molar-refractivity contribution in [2.45, 2.75) is 18.7 Å². The molecule has 1 amide bonds. The number of nitrogens with zero attached hydrogens (tertiary/aromatic N) is 1. The molecule has 0 heterocycles. The molecule has 4 nitrogen and oxygen atoms in total. The minimum atomic E-state index is -0.368. The molecule has 0 saturated carbocycles. The van der Waals surface area contributed by atoms with E-state index in [1.807, 2.05) is 6.07 Å². The van der Waals surface area contributed by atoms with E-state index in [-0.39, 0.29) is 11.9 Å². The minimum absolute atomic E-state index is 0.0753. The second kappa shape index (κ2) is 6.30. The Balaban J connectivity index is 2.91. The number of carbonyl (C=O) groups excluding carboxylic acids is 2. The van der Waals surface area contributed by atoms with Gasteiger partial charge in [0.2, 0.25) is 5.91 Å². The maximum Gasteiger partial charge on any atom is 0.339 e. The third-order valence-electron chi connectivity index (χ3n) is 2.06. The van der Waals surface area contributed by atoms with E-state index in [2.05, 4.69) is 0 Å². The summed E-state index contributed by atoms with van der Waals surface area (Å²) in [5.74, 6) is -0.443. The Labute approximate surface area is 105 Å². The van der Waals surface area contributed by atoms with Gasteiger partial charge in [0.15, 0.2) is 0 Å². The van der Waals surface area contributed by atoms with Gasteiger partial charge in [0, 0.05) is 18.9 Å². The summed E-state index contributed by atoms with van der Waals surface area (Å²) in [5.41, 5.74) is 0.479. The number of ether oxygens (including phenoxy) is 1. The largest absolute Gasteiger partial charge is 0.462 e. The second-order valence-electron chi connectivity index (χ2n) is 3.32. The van der Waals surface area contributed by atoms with Gasteiger partial charge in [-0.15, -0.1) is 0 Å². The number of benzene rings is 1. The first-order chi connectivity index (χ1) is 8.06. The van der Waals surface area contributed by atoms with Crippen molar-refractivity contribution in [3.05, 3.63) is 29.8 Å². The summed E-state index contributed by atoms with van der Waals surface area (Å²) in [4.78, 5) is 23.5. The lowest BCUT2D eigenvalue weighted by atomic mass is 10.2. The van der Waals surface area contributed by atoms with E-state index in [0.717, 1.165) is 0 Å². The van der Waals surface area contributed by atoms with Crippen LogP contribution in [0.4, 0.5) is 0 Å². The van der Waals surface area contributed by atoms with E-state index in [1.54, 1.807) is 32.2 Å². The molecule has 1 aromatic rings. The molecule has 0 N–H and O–H groups in total. The molecular weight excluding hydrogens is 238 g/mol. The SMILES string of the molecule is CCOC(=O)c1ccccc1SN(C)C(C)=O. The Morgan fingerprint density at radius 3 is 2.59 bits per heavy atom. The second-order valence-corrected chi connectivity index (χ2v) is 4.49. The number of amides is 1. The maximum atomic E-state index is 11.7. The molecule has 0 unspecified atom stereocenters. The quantitative estimate of drug-likeness (QED) is 0.610. The lowest BCUT2D eigenvalue weighted by Crippen LogP contribution is -2.16. The van der Waals surface area contributed by atoms with Gasteiger partial charge in [-0.2, -0.15) is 0 Å². The lowest BCUT2D eigenvalue weighted by molar-refractivity contribution is -0.123. The fourth-order valence-electron chi connectivity index (χ4n) is 1.14. The molecule has 0 spiro atoms. The molecule has 0 aliphatic heterocycles. The topological polar surface area (TPSA) is 46.6 Å². The Bertz CT molecular complexity index is 420. The number of rotatable bonds is 4. The third-order valence-corrected chi connectivity index (χ3v) is 3.14. The fourth-order valence-corrected chi connectivity index (χ4v) is 1.95. The predicted molar refractivity (Wildman–Crippen MR) is 66.7 cm³/mol. The Morgan fingerprint density at radius 1 is 1.35 bits per heavy atom. The fraction of sp³-hybridized carbons (Fsp3) is 0.333. The third kappa shape index (κ3) is 3.78. The van der Waals surface area contributed by atoms with Gasteiger partial charge >= 0.3 is 5.97 Å². The van der Waals surface area contributed by atoms with Gasteiger partial charge in [-0.1, -0.05) is 12.1 Å². The van der Waals surface area contributed by atoms with Crippen molar-refractivity contribution in [3.8, 4) is 0 Å². The van der Waals surface area contributed by atoms with Crippen LogP contribution in [-0.2, 0) is 9.53 Å². The van der Waals surface area contributed by atoms with Crippen LogP contribution in [0.5, 0.6) is 0 Å². The zero-order valence-electron chi connectivity index (χ0n) is 10.1. The van der Waals surface area contributed by atoms with Crippen molar-refractivity contribution >= 4 is 23.8 Å². The Morgan fingerprint density at radius 2 is 2.00 bits per heavy atom. The summed E-state index contributed by atoms with van der Waals surface area (Å²) in [5, 5.41) is 0. The van der Waals surface area contributed by atoms with Crippen LogP contribution in [-0.4, -0.2) is 29.8 Å². The average molecular weight is 253 g/mol. The van der Waals surface area contributed by atoms with Gasteiger partial charge in [0.1, 0.15) is 0 Å². The molecule has 0 atom stereocenters. The van der Waals surface area contributed by atoms with Gasteiger partial charge < -0.3 is 4.74 Å². The maximum absolute atomic E-state index is 11.7. The van der Waals surface area contributed by atoms with Crippen LogP contribution < -0.4 is 0 Å². The first-order valence-electron chi connectivity index (χ1n) is 5.24. The molecular formula is C12H15NO3S. The number of hydrogen-bond acceptors (Lipinski definition) is 4. The van der Waals surface area contributed by atoms with Crippen molar-refractivity contribution in [2.24, 2.45) is 0 Å². The first kappa shape index (κ1) is 13.6. The van der Waals surface area contributed by atoms with Crippen LogP contribution in [0.2, 0.25) is 0 Å². The van der Waals surface area contributed by atoms with E-state index >= 15 is 0 Å². The number of carbonyl (C=O) groups is 2. The van der Waals surface area contributed by atoms with E-state index < -0.39 is 0 Å². The van der Waals surface area contributed by atoms with E-state index in [1.165, 1.54) is 23.2 Å². The van der Waals surface area contributed by atoms with Crippen molar-refractivity contribution in [2.75, 3.05) is 13.7 Å². The average Bonchev–Trinajstić information content (AvgIpc) is 2.29. The van der Waals surface area contributed by atoms with Crippen molar-refractivity contribution in [1.82, 2.24) is 4.31 Å². The van der Waals surface area contributed by atoms with Crippen LogP contribution >= 0.6 is 11.9 Å². The smallest absolute Gasteiger partial charge is 0.339 e. The molecule has 0 aliphatic carbocycles. The molecule has 92 valence electrons. The molecule has 0 fully saturated rings. The number of hydrogen-bond donors (Lipinski definition) is 0. The van der Waals surface area contributed by atoms with Crippen LogP contribution in [0.15, 0.2) is 29.2 Å². The molecule has 0 saturated heterocycles. The van der Waals surface area contributed by atoms with Crippen molar-refractivity contribution in [3.63, 3.8) is 0 Å². The summed E-state index contributed by atoms with van der Waals surface area (Å²) in [6.07, 6.45) is 0. The monoisotopic (exact) mass is 253 g/mol. The summed E-state index contributed by atoms with van der Waals surface area (Å²) in [6.45, 7) is 3.57. The van der Waals surface area contributed by atoms with Gasteiger partial charge in [0.25, 0.3) is 0 Å². The minimum Gasteiger partial charge on any atom is -0.462 e. The highest BCUT2D eigenvalue weighted by atomic mass is 32.2. The predicted octanol–water partition coefficient (Wildman–Crippen LogP) is 2.35. The van der Waals surface area contributed by atoms with Crippen molar-refractivity contribution < 1.29 is 14.3 Å². The van der Waals surface area contributed by atoms with E-state index in [9.17, 15) is 9.59 Å². The molecule has 5 heteroatoms. The Kier molecular flexibility index (Phi) is 5.03. The van der Waals surface area contributed by atoms with E-state index in [0.29, 0.717) is 17.1 Å². The highest BCUT2D eigenvalue weighted by molar-refractivity contribution is 7.97. The Hall–Kier alpha value is -1.49. The summed E-state index contributed by atoms with van der Waals surface area (Å²) in [6, 6.07) is 7.06. The van der Waals surface area contributed by atoms with Crippen molar-refractivity contribution in [1.29, 1.82) is 0 Å². The van der Waals surface area contributed by atoms with Gasteiger partial charge in [0.05, 0.1) is 12.2 Å². The lowest BCUT2D eigenvalue weighted by Gasteiger charge is -2.15. The summed E-state index contributed by atoms with van der Waals surface area (Å²) < 4.78 is 6.43. The highest BCUT2D eigenvalue weighted by Gasteiger charge is 2.14. The summed E-state index contributed by atoms with van der Waals surface area (Å²) >= 11 is 1.22. The molecule has 0 bridgehead atoms. The van der Waals surface area contributed by atoms with E-state index in [4.69, 9.17) is 4.74 Å². The van der Waals surface area contributed by atoms with Crippen LogP contribution in [0.25, 0.3) is 0 Å². The molecule has 17 heavy (non-hydrogen) atoms. The van der Waals surface area contributed by atoms with Crippen LogP contribution in [0.3, 0.4) is 0 Å². The van der Waals surface area contributed by atoms with Gasteiger partial charge in [-0.25, -0.2) is 4.79 Å². The van der Waals surface area contributed by atoms with Gasteiger partial charge in [-0.05, 0) is 31.0 Å². The number of esters is 1. The van der Waals surface area contributed by atoms with Crippen LogP contribution in [0.1, 0.15) is 24.2 Å². The standard InChI is InChI=1S/C12H15NO3S/c1-4-16-12(15)10-7-5-6-8-11(10)17-13(3)9(2)14/h5-8H,4H2,1-3H3. The zero-order valence-corrected chi connectivity index (χ0v) is 10.9. The first-order valence-corrected chi connectivity index (χ1v) is 6.02. The molecule has 1 aromatic carbocycles. The van der Waals surface area contributed by atoms with Gasteiger partial charge in [-0.3, -0.25) is 9.10 Å². The normalized spacial score (nSPS) is 9.82. The molecule has 0 aromatic heterocycles. The molecule has 0 aliphatic rings. The highest BCUT2D eigenvalue weighted by Crippen LogP contribution is 2.25. The molecule has 0 radical (unpaired) electrons. The zero-order chi connectivity index (χ0) is 12.8. The molecule has 1 rings (SSSR count). The van der Waals surface area contributed by atoms with Crippen LogP contribution in [0, 0.1) is 0 Å². The summed E-state index contributed by atoms with van der Waals surface area (Å²) in [7, 11) is 1.66.